The Morgan fingerprint density at radius 1 is 1.12 bits per heavy atom. The second kappa shape index (κ2) is 11.1. The molecule has 0 bridgehead atoms. The fourth-order valence-electron chi connectivity index (χ4n) is 4.70. The van der Waals surface area contributed by atoms with Crippen molar-refractivity contribution in [1.29, 1.82) is 0 Å². The van der Waals surface area contributed by atoms with Crippen molar-refractivity contribution in [2.24, 2.45) is 0 Å². The lowest BCUT2D eigenvalue weighted by atomic mass is 9.92. The van der Waals surface area contributed by atoms with E-state index >= 15 is 0 Å². The number of benzene rings is 2. The van der Waals surface area contributed by atoms with Crippen molar-refractivity contribution in [3.63, 3.8) is 0 Å². The number of nitrogens with zero attached hydrogens (tertiary/aromatic N) is 1. The van der Waals surface area contributed by atoms with Gasteiger partial charge in [-0.05, 0) is 61.1 Å². The molecule has 1 saturated carbocycles. The lowest BCUT2D eigenvalue weighted by Gasteiger charge is -2.44. The molecule has 2 unspecified atom stereocenters. The van der Waals surface area contributed by atoms with E-state index < -0.39 is 0 Å². The highest BCUT2D eigenvalue weighted by Gasteiger charge is 2.40. The van der Waals surface area contributed by atoms with Crippen molar-refractivity contribution < 1.29 is 9.59 Å². The van der Waals surface area contributed by atoms with Crippen molar-refractivity contribution in [3.05, 3.63) is 75.7 Å². The van der Waals surface area contributed by atoms with E-state index in [2.05, 4.69) is 48.3 Å². The van der Waals surface area contributed by atoms with Gasteiger partial charge in [-0.15, -0.1) is 11.8 Å². The molecule has 1 saturated heterocycles. The van der Waals surface area contributed by atoms with Gasteiger partial charge in [0.1, 0.15) is 0 Å². The summed E-state index contributed by atoms with van der Waals surface area (Å²) in [6.45, 7) is 5.59. The number of fused-ring (bicyclic) bond motifs is 1. The summed E-state index contributed by atoms with van der Waals surface area (Å²) in [5.41, 5.74) is 4.07. The number of rotatable bonds is 7. The van der Waals surface area contributed by atoms with Crippen LogP contribution < -0.4 is 5.32 Å². The molecule has 2 amide bonds. The van der Waals surface area contributed by atoms with E-state index in [1.54, 1.807) is 11.8 Å². The van der Waals surface area contributed by atoms with E-state index in [4.69, 9.17) is 0 Å². The molecular formula is C28H34N2O2S. The number of carbonyl (C=O) groups is 2. The zero-order chi connectivity index (χ0) is 23.2. The maximum absolute atomic E-state index is 13.6. The maximum Gasteiger partial charge on any atom is 0.260 e. The van der Waals surface area contributed by atoms with Gasteiger partial charge in [0, 0.05) is 29.9 Å². The van der Waals surface area contributed by atoms with E-state index in [9.17, 15) is 9.59 Å². The van der Waals surface area contributed by atoms with Gasteiger partial charge in [-0.25, -0.2) is 0 Å². The molecular weight excluding hydrogens is 428 g/mol. The lowest BCUT2D eigenvalue weighted by Crippen LogP contribution is -2.50. The first-order valence-electron chi connectivity index (χ1n) is 12.2. The highest BCUT2D eigenvalue weighted by atomic mass is 32.2. The first-order chi connectivity index (χ1) is 16.1. The molecule has 4 rings (SSSR count). The zero-order valence-electron chi connectivity index (χ0n) is 19.7. The topological polar surface area (TPSA) is 49.4 Å². The number of hydrogen-bond donors (Lipinski definition) is 1. The second-order valence-electron chi connectivity index (χ2n) is 9.11. The molecule has 4 nitrogen and oxygen atoms in total. The van der Waals surface area contributed by atoms with E-state index in [0.717, 1.165) is 36.2 Å². The van der Waals surface area contributed by atoms with Crippen LogP contribution in [0.4, 0.5) is 0 Å². The fourth-order valence-corrected chi connectivity index (χ4v) is 6.17. The van der Waals surface area contributed by atoms with Crippen molar-refractivity contribution in [3.8, 4) is 0 Å². The van der Waals surface area contributed by atoms with Gasteiger partial charge in [0.2, 0.25) is 0 Å². The van der Waals surface area contributed by atoms with Crippen LogP contribution in [0.2, 0.25) is 0 Å². The molecule has 1 heterocycles. The van der Waals surface area contributed by atoms with Crippen LogP contribution in [-0.4, -0.2) is 34.6 Å². The monoisotopic (exact) mass is 462 g/mol. The van der Waals surface area contributed by atoms with Gasteiger partial charge in [-0.3, -0.25) is 9.59 Å². The molecule has 0 spiro atoms. The summed E-state index contributed by atoms with van der Waals surface area (Å²) in [7, 11) is 0. The molecule has 2 aliphatic rings. The van der Waals surface area contributed by atoms with Gasteiger partial charge >= 0.3 is 0 Å². The van der Waals surface area contributed by atoms with Gasteiger partial charge in [-0.1, -0.05) is 62.6 Å². The van der Waals surface area contributed by atoms with Gasteiger partial charge in [0.15, 0.2) is 0 Å². The van der Waals surface area contributed by atoms with E-state index in [1.807, 2.05) is 30.3 Å². The van der Waals surface area contributed by atoms with Crippen LogP contribution in [0, 0.1) is 6.92 Å². The molecule has 2 aromatic rings. The average molecular weight is 463 g/mol. The summed E-state index contributed by atoms with van der Waals surface area (Å²) >= 11 is 1.75. The molecule has 0 aromatic heterocycles. The standard InChI is InChI=1S/C28H34N2O2S/c1-3-4-17-29-27(31)22-15-13-21(14-16-22)18-26-28(32)30(19-23-10-6-5-9-20(23)2)24-11-7-8-12-25(24)33-26/h5-6,9-10,13-16,18,24-25H,3-4,7-8,11-12,17,19H2,1-2H3,(H,29,31)/b26-18+. The Morgan fingerprint density at radius 2 is 1.88 bits per heavy atom. The SMILES string of the molecule is CCCCNC(=O)c1ccc(/C=C2/SC3CCCCC3N(Cc3ccccc3C)C2=O)cc1. The third-order valence-corrected chi connectivity index (χ3v) is 8.11. The van der Waals surface area contributed by atoms with Crippen molar-refractivity contribution in [2.45, 2.75) is 70.2 Å². The predicted octanol–water partition coefficient (Wildman–Crippen LogP) is 5.95. The largest absolute Gasteiger partial charge is 0.352 e. The van der Waals surface area contributed by atoms with Crippen LogP contribution in [-0.2, 0) is 11.3 Å². The zero-order valence-corrected chi connectivity index (χ0v) is 20.5. The highest BCUT2D eigenvalue weighted by Crippen LogP contribution is 2.42. The van der Waals surface area contributed by atoms with Gasteiger partial charge in [0.05, 0.1) is 4.91 Å². The Labute approximate surface area is 201 Å². The Bertz CT molecular complexity index is 1010. The molecule has 1 N–H and O–H groups in total. The third-order valence-electron chi connectivity index (χ3n) is 6.71. The summed E-state index contributed by atoms with van der Waals surface area (Å²) in [6, 6.07) is 16.2. The second-order valence-corrected chi connectivity index (χ2v) is 10.4. The molecule has 1 aliphatic heterocycles. The smallest absolute Gasteiger partial charge is 0.260 e. The van der Waals surface area contributed by atoms with Crippen LogP contribution in [0.15, 0.2) is 53.4 Å². The number of amides is 2. The number of aryl methyl sites for hydroxylation is 1. The molecule has 0 radical (unpaired) electrons. The van der Waals surface area contributed by atoms with Crippen LogP contribution in [0.5, 0.6) is 0 Å². The Morgan fingerprint density at radius 3 is 2.64 bits per heavy atom. The summed E-state index contributed by atoms with van der Waals surface area (Å²) in [4.78, 5) is 28.8. The Balaban J connectivity index is 1.53. The molecule has 2 fully saturated rings. The van der Waals surface area contributed by atoms with E-state index in [0.29, 0.717) is 29.9 Å². The van der Waals surface area contributed by atoms with Crippen molar-refractivity contribution in [2.75, 3.05) is 6.54 Å². The molecule has 1 aliphatic carbocycles. The first-order valence-corrected chi connectivity index (χ1v) is 13.1. The minimum Gasteiger partial charge on any atom is -0.352 e. The predicted molar refractivity (Wildman–Crippen MR) is 137 cm³/mol. The van der Waals surface area contributed by atoms with Crippen molar-refractivity contribution in [1.82, 2.24) is 10.2 Å². The first kappa shape index (κ1) is 23.6. The van der Waals surface area contributed by atoms with Gasteiger partial charge < -0.3 is 10.2 Å². The minimum absolute atomic E-state index is 0.0415. The summed E-state index contributed by atoms with van der Waals surface area (Å²) in [6.07, 6.45) is 8.71. The lowest BCUT2D eigenvalue weighted by molar-refractivity contribution is -0.130. The van der Waals surface area contributed by atoms with Crippen LogP contribution in [0.1, 0.15) is 72.5 Å². The Hall–Kier alpha value is -2.53. The van der Waals surface area contributed by atoms with Crippen molar-refractivity contribution >= 4 is 29.7 Å². The maximum atomic E-state index is 13.6. The van der Waals surface area contributed by atoms with Crippen LogP contribution in [0.3, 0.4) is 0 Å². The number of hydrogen-bond acceptors (Lipinski definition) is 3. The minimum atomic E-state index is -0.0415. The number of nitrogens with one attached hydrogen (secondary N) is 1. The number of unbranched alkanes of at least 4 members (excludes halogenated alkanes) is 1. The number of thioether (sulfide) groups is 1. The Kier molecular flexibility index (Phi) is 7.92. The quantitative estimate of drug-likeness (QED) is 0.408. The summed E-state index contributed by atoms with van der Waals surface area (Å²) in [5.74, 6) is 0.0908. The van der Waals surface area contributed by atoms with E-state index in [-0.39, 0.29) is 11.8 Å². The third kappa shape index (κ3) is 5.70. The van der Waals surface area contributed by atoms with Gasteiger partial charge in [0.25, 0.3) is 11.8 Å². The van der Waals surface area contributed by atoms with Gasteiger partial charge in [-0.2, -0.15) is 0 Å². The van der Waals surface area contributed by atoms with E-state index in [1.165, 1.54) is 24.0 Å². The molecule has 174 valence electrons. The number of carbonyl (C=O) groups excluding carboxylic acids is 2. The summed E-state index contributed by atoms with van der Waals surface area (Å²) < 4.78 is 0. The highest BCUT2D eigenvalue weighted by molar-refractivity contribution is 8.04. The van der Waals surface area contributed by atoms with Crippen LogP contribution >= 0.6 is 11.8 Å². The molecule has 2 aromatic carbocycles. The molecule has 33 heavy (non-hydrogen) atoms. The fraction of sp³-hybridized carbons (Fsp3) is 0.429. The molecule has 5 heteroatoms. The molecule has 2 atom stereocenters. The average Bonchev–Trinajstić information content (AvgIpc) is 2.83. The summed E-state index contributed by atoms with van der Waals surface area (Å²) in [5, 5.41) is 3.41. The van der Waals surface area contributed by atoms with Crippen LogP contribution in [0.25, 0.3) is 6.08 Å². The normalized spacial score (nSPS) is 21.7.